The van der Waals surface area contributed by atoms with E-state index in [1.807, 2.05) is 13.0 Å². The zero-order valence-electron chi connectivity index (χ0n) is 16.4. The fourth-order valence-electron chi connectivity index (χ4n) is 2.75. The Labute approximate surface area is 164 Å². The summed E-state index contributed by atoms with van der Waals surface area (Å²) in [6.07, 6.45) is 3.55. The number of anilines is 3. The second-order valence-corrected chi connectivity index (χ2v) is 6.14. The highest BCUT2D eigenvalue weighted by Crippen LogP contribution is 2.15. The lowest BCUT2D eigenvalue weighted by molar-refractivity contribution is 0.365. The lowest BCUT2D eigenvalue weighted by atomic mass is 10.1. The summed E-state index contributed by atoms with van der Waals surface area (Å²) < 4.78 is 6.73. The van der Waals surface area contributed by atoms with E-state index in [0.717, 1.165) is 25.1 Å². The molecule has 0 aliphatic carbocycles. The first-order chi connectivity index (χ1) is 13.6. The number of nitrogens with zero attached hydrogens (tertiary/aromatic N) is 5. The van der Waals surface area contributed by atoms with E-state index in [1.165, 1.54) is 10.1 Å². The Hall–Kier alpha value is -3.36. The maximum Gasteiger partial charge on any atom is 0.259 e. The monoisotopic (exact) mass is 382 g/mol. The number of ether oxygens (including phenoxy) is 1. The molecular formula is C19H26N8O. The van der Waals surface area contributed by atoms with Crippen LogP contribution in [0.1, 0.15) is 31.7 Å². The Morgan fingerprint density at radius 2 is 1.93 bits per heavy atom. The Morgan fingerprint density at radius 1 is 1.14 bits per heavy atom. The first-order valence-electron chi connectivity index (χ1n) is 9.36. The van der Waals surface area contributed by atoms with Crippen LogP contribution in [0.15, 0.2) is 30.3 Å². The Kier molecular flexibility index (Phi) is 6.25. The summed E-state index contributed by atoms with van der Waals surface area (Å²) in [5.41, 5.74) is 8.36. The van der Waals surface area contributed by atoms with Gasteiger partial charge in [-0.3, -0.25) is 0 Å². The van der Waals surface area contributed by atoms with Crippen LogP contribution in [0.2, 0.25) is 0 Å². The van der Waals surface area contributed by atoms with Gasteiger partial charge in [0.2, 0.25) is 17.7 Å². The van der Waals surface area contributed by atoms with Crippen LogP contribution < -0.4 is 16.4 Å². The molecule has 3 rings (SSSR count). The number of hydrogen-bond acceptors (Lipinski definition) is 8. The number of nitrogens with two attached hydrogens (primary N) is 1. The van der Waals surface area contributed by atoms with Gasteiger partial charge in [-0.25, -0.2) is 0 Å². The van der Waals surface area contributed by atoms with Crippen LogP contribution in [0.25, 0.3) is 11.5 Å². The van der Waals surface area contributed by atoms with Gasteiger partial charge in [-0.05, 0) is 43.5 Å². The second-order valence-electron chi connectivity index (χ2n) is 6.14. The molecule has 0 saturated heterocycles. The van der Waals surface area contributed by atoms with Gasteiger partial charge in [0.25, 0.3) is 5.78 Å². The number of rotatable bonds is 9. The van der Waals surface area contributed by atoms with E-state index >= 15 is 0 Å². The number of hydrogen-bond donors (Lipinski definition) is 3. The van der Waals surface area contributed by atoms with Crippen molar-refractivity contribution in [1.82, 2.24) is 24.6 Å². The molecule has 0 bridgehead atoms. The summed E-state index contributed by atoms with van der Waals surface area (Å²) in [6, 6.07) is 8.37. The van der Waals surface area contributed by atoms with Crippen LogP contribution in [0.3, 0.4) is 0 Å². The highest BCUT2D eigenvalue weighted by atomic mass is 16.5. The Balaban J connectivity index is 1.68. The van der Waals surface area contributed by atoms with Gasteiger partial charge in [0.05, 0.1) is 7.11 Å². The first-order valence-corrected chi connectivity index (χ1v) is 9.36. The molecule has 148 valence electrons. The summed E-state index contributed by atoms with van der Waals surface area (Å²) >= 11 is 0. The van der Waals surface area contributed by atoms with E-state index in [1.54, 1.807) is 7.11 Å². The SMILES string of the molecule is CC/C=C(\OC)c1nc2nc(NCCc3ccc(NCC)cc3)nc(N)n2n1. The van der Waals surface area contributed by atoms with Gasteiger partial charge in [0.1, 0.15) is 0 Å². The number of nitrogen functional groups attached to an aromatic ring is 1. The summed E-state index contributed by atoms with van der Waals surface area (Å²) in [7, 11) is 1.58. The van der Waals surface area contributed by atoms with Crippen LogP contribution in [0, 0.1) is 0 Å². The van der Waals surface area contributed by atoms with E-state index in [9.17, 15) is 0 Å². The van der Waals surface area contributed by atoms with Gasteiger partial charge in [-0.2, -0.15) is 19.5 Å². The molecule has 0 unspecified atom stereocenters. The summed E-state index contributed by atoms with van der Waals surface area (Å²) in [4.78, 5) is 13.1. The summed E-state index contributed by atoms with van der Waals surface area (Å²) in [5.74, 6) is 2.03. The minimum atomic E-state index is 0.216. The van der Waals surface area contributed by atoms with Gasteiger partial charge in [0, 0.05) is 18.8 Å². The molecule has 0 amide bonds. The van der Waals surface area contributed by atoms with E-state index in [0.29, 0.717) is 29.9 Å². The van der Waals surface area contributed by atoms with E-state index in [2.05, 4.69) is 61.9 Å². The minimum absolute atomic E-state index is 0.216. The van der Waals surface area contributed by atoms with Crippen LogP contribution >= 0.6 is 0 Å². The molecule has 28 heavy (non-hydrogen) atoms. The van der Waals surface area contributed by atoms with Gasteiger partial charge in [-0.1, -0.05) is 19.1 Å². The fourth-order valence-corrected chi connectivity index (χ4v) is 2.75. The second kappa shape index (κ2) is 9.03. The predicted octanol–water partition coefficient (Wildman–Crippen LogP) is 2.59. The Bertz CT molecular complexity index is 948. The summed E-state index contributed by atoms with van der Waals surface area (Å²) in [5, 5.41) is 10.8. The third-order valence-electron chi connectivity index (χ3n) is 4.09. The topological polar surface area (TPSA) is 115 Å². The van der Waals surface area contributed by atoms with Crippen molar-refractivity contribution in [1.29, 1.82) is 0 Å². The van der Waals surface area contributed by atoms with Crippen LogP contribution in [-0.2, 0) is 11.2 Å². The molecule has 2 aromatic heterocycles. The summed E-state index contributed by atoms with van der Waals surface area (Å²) in [6.45, 7) is 5.68. The van der Waals surface area contributed by atoms with Gasteiger partial charge >= 0.3 is 0 Å². The van der Waals surface area contributed by atoms with Crippen molar-refractivity contribution in [2.45, 2.75) is 26.7 Å². The van der Waals surface area contributed by atoms with Crippen molar-refractivity contribution in [2.24, 2.45) is 0 Å². The van der Waals surface area contributed by atoms with Crippen molar-refractivity contribution in [2.75, 3.05) is 36.6 Å². The predicted molar refractivity (Wildman–Crippen MR) is 111 cm³/mol. The highest BCUT2D eigenvalue weighted by molar-refractivity contribution is 5.55. The third-order valence-corrected chi connectivity index (χ3v) is 4.09. The molecule has 9 heteroatoms. The standard InChI is InChI=1S/C19H26N8O/c1-4-6-15(28-3)16-23-19-25-18(24-17(20)27(19)26-16)22-12-11-13-7-9-14(10-8-13)21-5-2/h6-10,21H,4-5,11-12H2,1-3H3,(H3,20,22,23,24,25,26)/b15-6-. The zero-order chi connectivity index (χ0) is 19.9. The third kappa shape index (κ3) is 4.48. The minimum Gasteiger partial charge on any atom is -0.493 e. The lowest BCUT2D eigenvalue weighted by Gasteiger charge is -2.07. The number of methoxy groups -OCH3 is 1. The molecule has 0 atom stereocenters. The van der Waals surface area contributed by atoms with E-state index in [-0.39, 0.29) is 5.95 Å². The molecule has 0 radical (unpaired) electrons. The maximum atomic E-state index is 6.02. The molecule has 0 aliphatic rings. The molecule has 0 saturated carbocycles. The number of benzene rings is 1. The van der Waals surface area contributed by atoms with Crippen molar-refractivity contribution in [3.05, 3.63) is 41.7 Å². The van der Waals surface area contributed by atoms with Crippen molar-refractivity contribution < 1.29 is 4.74 Å². The van der Waals surface area contributed by atoms with Crippen molar-refractivity contribution in [3.63, 3.8) is 0 Å². The fraction of sp³-hybridized carbons (Fsp3) is 0.368. The molecule has 9 nitrogen and oxygen atoms in total. The van der Waals surface area contributed by atoms with E-state index < -0.39 is 0 Å². The molecule has 2 heterocycles. The van der Waals surface area contributed by atoms with Crippen molar-refractivity contribution in [3.8, 4) is 0 Å². The van der Waals surface area contributed by atoms with Gasteiger partial charge < -0.3 is 21.1 Å². The van der Waals surface area contributed by atoms with Crippen LogP contribution in [-0.4, -0.2) is 44.8 Å². The number of aromatic nitrogens is 5. The average Bonchev–Trinajstić information content (AvgIpc) is 3.12. The molecule has 4 N–H and O–H groups in total. The van der Waals surface area contributed by atoms with Crippen LogP contribution in [0.5, 0.6) is 0 Å². The highest BCUT2D eigenvalue weighted by Gasteiger charge is 2.14. The smallest absolute Gasteiger partial charge is 0.259 e. The molecule has 0 spiro atoms. The lowest BCUT2D eigenvalue weighted by Crippen LogP contribution is -2.12. The van der Waals surface area contributed by atoms with Gasteiger partial charge in [-0.15, -0.1) is 5.10 Å². The number of allylic oxidation sites excluding steroid dienone is 1. The van der Waals surface area contributed by atoms with Crippen LogP contribution in [0.4, 0.5) is 17.6 Å². The normalized spacial score (nSPS) is 11.6. The molecular weight excluding hydrogens is 356 g/mol. The molecule has 0 aliphatic heterocycles. The maximum absolute atomic E-state index is 6.02. The molecule has 0 fully saturated rings. The molecule has 1 aromatic carbocycles. The molecule has 3 aromatic rings. The Morgan fingerprint density at radius 3 is 2.61 bits per heavy atom. The zero-order valence-corrected chi connectivity index (χ0v) is 16.4. The quantitative estimate of drug-likeness (QED) is 0.484. The first kappa shape index (κ1) is 19.4. The van der Waals surface area contributed by atoms with Gasteiger partial charge in [0.15, 0.2) is 5.76 Å². The average molecular weight is 382 g/mol. The largest absolute Gasteiger partial charge is 0.493 e. The number of nitrogens with one attached hydrogen (secondary N) is 2. The van der Waals surface area contributed by atoms with E-state index in [4.69, 9.17) is 10.5 Å². The van der Waals surface area contributed by atoms with Crippen molar-refractivity contribution >= 4 is 29.1 Å². The number of fused-ring (bicyclic) bond motifs is 1.